The Balaban J connectivity index is 1.46. The van der Waals surface area contributed by atoms with Gasteiger partial charge in [0.15, 0.2) is 0 Å². The van der Waals surface area contributed by atoms with Gasteiger partial charge in [0, 0.05) is 50.6 Å². The van der Waals surface area contributed by atoms with Gasteiger partial charge in [-0.2, -0.15) is 5.26 Å². The Bertz CT molecular complexity index is 761. The van der Waals surface area contributed by atoms with Crippen LogP contribution in [0.25, 0.3) is 0 Å². The molecule has 6 heteroatoms. The summed E-state index contributed by atoms with van der Waals surface area (Å²) in [5.74, 6) is -0.204. The number of carbonyl (C=O) groups excluding carboxylic acids is 1. The van der Waals surface area contributed by atoms with E-state index in [0.717, 1.165) is 32.7 Å². The van der Waals surface area contributed by atoms with Crippen molar-refractivity contribution >= 4 is 11.6 Å². The molecule has 1 aliphatic rings. The first-order valence-corrected chi connectivity index (χ1v) is 8.85. The van der Waals surface area contributed by atoms with Crippen LogP contribution in [0.2, 0.25) is 0 Å². The number of aromatic nitrogens is 1. The van der Waals surface area contributed by atoms with Gasteiger partial charge in [0.05, 0.1) is 5.56 Å². The number of hydrogen-bond acceptors (Lipinski definition) is 5. The predicted octanol–water partition coefficient (Wildman–Crippen LogP) is 1.89. The summed E-state index contributed by atoms with van der Waals surface area (Å²) in [5.41, 5.74) is 2.05. The molecule has 6 nitrogen and oxygen atoms in total. The van der Waals surface area contributed by atoms with Crippen molar-refractivity contribution in [2.24, 2.45) is 0 Å². The first-order chi connectivity index (χ1) is 12.7. The number of para-hydroxylation sites is 1. The number of anilines is 1. The van der Waals surface area contributed by atoms with Gasteiger partial charge in [-0.25, -0.2) is 4.98 Å². The summed E-state index contributed by atoms with van der Waals surface area (Å²) in [6, 6.07) is 15.7. The molecule has 2 heterocycles. The summed E-state index contributed by atoms with van der Waals surface area (Å²) in [6.45, 7) is 6.74. The van der Waals surface area contributed by atoms with E-state index in [9.17, 15) is 4.79 Å². The van der Waals surface area contributed by atoms with Crippen molar-refractivity contribution in [2.45, 2.75) is 13.0 Å². The lowest BCUT2D eigenvalue weighted by molar-refractivity contribution is 0.0923. The van der Waals surface area contributed by atoms with Crippen molar-refractivity contribution < 1.29 is 4.79 Å². The first kappa shape index (κ1) is 17.9. The van der Waals surface area contributed by atoms with Crippen LogP contribution in [0.3, 0.4) is 0 Å². The Labute approximate surface area is 154 Å². The quantitative estimate of drug-likeness (QED) is 0.892. The number of nitriles is 1. The van der Waals surface area contributed by atoms with Crippen molar-refractivity contribution in [1.29, 1.82) is 5.26 Å². The van der Waals surface area contributed by atoms with E-state index < -0.39 is 0 Å². The second-order valence-electron chi connectivity index (χ2n) is 6.54. The predicted molar refractivity (Wildman–Crippen MR) is 101 cm³/mol. The van der Waals surface area contributed by atoms with Crippen molar-refractivity contribution in [1.82, 2.24) is 15.2 Å². The minimum absolute atomic E-state index is 0.0308. The van der Waals surface area contributed by atoms with Gasteiger partial charge >= 0.3 is 0 Å². The van der Waals surface area contributed by atoms with E-state index in [1.165, 1.54) is 11.9 Å². The molecule has 3 rings (SSSR count). The van der Waals surface area contributed by atoms with Gasteiger partial charge in [-0.3, -0.25) is 9.69 Å². The number of nitrogens with zero attached hydrogens (tertiary/aromatic N) is 4. The maximum absolute atomic E-state index is 12.3. The zero-order chi connectivity index (χ0) is 18.4. The van der Waals surface area contributed by atoms with Crippen LogP contribution in [-0.2, 0) is 0 Å². The Morgan fingerprint density at radius 3 is 2.54 bits per heavy atom. The highest BCUT2D eigenvalue weighted by Crippen LogP contribution is 2.15. The number of amides is 1. The van der Waals surface area contributed by atoms with Gasteiger partial charge in [0.2, 0.25) is 0 Å². The fourth-order valence-corrected chi connectivity index (χ4v) is 3.15. The summed E-state index contributed by atoms with van der Waals surface area (Å²) in [4.78, 5) is 21.0. The van der Waals surface area contributed by atoms with Gasteiger partial charge in [0.25, 0.3) is 5.91 Å². The van der Waals surface area contributed by atoms with Crippen LogP contribution in [0, 0.1) is 11.3 Å². The number of hydrogen-bond donors (Lipinski definition) is 1. The van der Waals surface area contributed by atoms with Gasteiger partial charge in [-0.05, 0) is 31.2 Å². The lowest BCUT2D eigenvalue weighted by Gasteiger charge is -2.37. The number of nitrogens with one attached hydrogen (secondary N) is 1. The molecule has 1 saturated heterocycles. The second-order valence-corrected chi connectivity index (χ2v) is 6.54. The third-order valence-corrected chi connectivity index (χ3v) is 4.53. The smallest absolute Gasteiger partial charge is 0.270 e. The van der Waals surface area contributed by atoms with E-state index in [1.807, 2.05) is 19.1 Å². The fraction of sp³-hybridized carbons (Fsp3) is 0.350. The van der Waals surface area contributed by atoms with Crippen LogP contribution >= 0.6 is 0 Å². The molecule has 0 bridgehead atoms. The lowest BCUT2D eigenvalue weighted by Crippen LogP contribution is -2.50. The Kier molecular flexibility index (Phi) is 5.82. The fourth-order valence-electron chi connectivity index (χ4n) is 3.15. The largest absolute Gasteiger partial charge is 0.369 e. The van der Waals surface area contributed by atoms with E-state index in [4.69, 9.17) is 5.26 Å². The SMILES string of the molecule is CC(CN1CCN(c2ccccc2)CC1)NC(=O)c1ccc(C#N)cn1. The Hall–Kier alpha value is -2.91. The van der Waals surface area contributed by atoms with E-state index in [-0.39, 0.29) is 11.9 Å². The normalized spacial score (nSPS) is 15.9. The second kappa shape index (κ2) is 8.45. The molecule has 134 valence electrons. The summed E-state index contributed by atoms with van der Waals surface area (Å²) < 4.78 is 0. The summed E-state index contributed by atoms with van der Waals surface area (Å²) in [6.07, 6.45) is 1.42. The van der Waals surface area contributed by atoms with Gasteiger partial charge in [0.1, 0.15) is 11.8 Å². The summed E-state index contributed by atoms with van der Waals surface area (Å²) in [7, 11) is 0. The molecular formula is C20H23N5O. The molecule has 0 spiro atoms. The third-order valence-electron chi connectivity index (χ3n) is 4.53. The molecule has 1 amide bonds. The maximum Gasteiger partial charge on any atom is 0.270 e. The Morgan fingerprint density at radius 2 is 1.92 bits per heavy atom. The molecule has 0 aliphatic carbocycles. The molecule has 0 radical (unpaired) electrons. The molecule has 2 aromatic rings. The third kappa shape index (κ3) is 4.58. The molecule has 1 N–H and O–H groups in total. The topological polar surface area (TPSA) is 72.3 Å². The standard InChI is InChI=1S/C20H23N5O/c1-16(23-20(26)19-8-7-17(13-21)14-22-19)15-24-9-11-25(12-10-24)18-5-3-2-4-6-18/h2-8,14,16H,9-12,15H2,1H3,(H,23,26). The minimum Gasteiger partial charge on any atom is -0.369 e. The van der Waals surface area contributed by atoms with E-state index in [2.05, 4.69) is 44.4 Å². The van der Waals surface area contributed by atoms with Gasteiger partial charge < -0.3 is 10.2 Å². The van der Waals surface area contributed by atoms with Gasteiger partial charge in [-0.15, -0.1) is 0 Å². The van der Waals surface area contributed by atoms with Crippen LogP contribution in [0.15, 0.2) is 48.7 Å². The van der Waals surface area contributed by atoms with Crippen LogP contribution in [0.4, 0.5) is 5.69 Å². The van der Waals surface area contributed by atoms with Crippen molar-refractivity contribution in [3.8, 4) is 6.07 Å². The lowest BCUT2D eigenvalue weighted by atomic mass is 10.2. The van der Waals surface area contributed by atoms with Crippen LogP contribution < -0.4 is 10.2 Å². The highest BCUT2D eigenvalue weighted by atomic mass is 16.1. The molecule has 1 aromatic carbocycles. The van der Waals surface area contributed by atoms with Crippen molar-refractivity contribution in [3.05, 3.63) is 59.9 Å². The van der Waals surface area contributed by atoms with Crippen LogP contribution in [0.5, 0.6) is 0 Å². The highest BCUT2D eigenvalue weighted by Gasteiger charge is 2.20. The number of pyridine rings is 1. The average molecular weight is 349 g/mol. The molecular weight excluding hydrogens is 326 g/mol. The highest BCUT2D eigenvalue weighted by molar-refractivity contribution is 5.92. The van der Waals surface area contributed by atoms with E-state index in [0.29, 0.717) is 11.3 Å². The minimum atomic E-state index is -0.204. The first-order valence-electron chi connectivity index (χ1n) is 8.85. The number of benzene rings is 1. The van der Waals surface area contributed by atoms with Crippen molar-refractivity contribution in [3.63, 3.8) is 0 Å². The molecule has 1 fully saturated rings. The monoisotopic (exact) mass is 349 g/mol. The van der Waals surface area contributed by atoms with Crippen LogP contribution in [-0.4, -0.2) is 54.6 Å². The number of rotatable bonds is 5. The van der Waals surface area contributed by atoms with E-state index in [1.54, 1.807) is 12.1 Å². The molecule has 1 atom stereocenters. The molecule has 0 saturated carbocycles. The van der Waals surface area contributed by atoms with Crippen LogP contribution in [0.1, 0.15) is 23.0 Å². The molecule has 1 aromatic heterocycles. The van der Waals surface area contributed by atoms with Crippen molar-refractivity contribution in [2.75, 3.05) is 37.6 Å². The van der Waals surface area contributed by atoms with E-state index >= 15 is 0 Å². The summed E-state index contributed by atoms with van der Waals surface area (Å²) >= 11 is 0. The zero-order valence-electron chi connectivity index (χ0n) is 14.9. The summed E-state index contributed by atoms with van der Waals surface area (Å²) in [5, 5.41) is 11.8. The number of piperazine rings is 1. The molecule has 1 aliphatic heterocycles. The number of carbonyl (C=O) groups is 1. The zero-order valence-corrected chi connectivity index (χ0v) is 14.9. The van der Waals surface area contributed by atoms with Gasteiger partial charge in [-0.1, -0.05) is 18.2 Å². The molecule has 26 heavy (non-hydrogen) atoms. The average Bonchev–Trinajstić information content (AvgIpc) is 2.69. The Morgan fingerprint density at radius 1 is 1.19 bits per heavy atom. The molecule has 1 unspecified atom stereocenters. The maximum atomic E-state index is 12.3.